The molecular weight excluding hydrogens is 226 g/mol. The second kappa shape index (κ2) is 5.94. The third kappa shape index (κ3) is 3.15. The van der Waals surface area contributed by atoms with Crippen molar-refractivity contribution in [2.45, 2.75) is 20.0 Å². The van der Waals surface area contributed by atoms with E-state index in [-0.39, 0.29) is 0 Å². The Labute approximate surface area is 106 Å². The van der Waals surface area contributed by atoms with Crippen LogP contribution in [0.15, 0.2) is 30.6 Å². The van der Waals surface area contributed by atoms with Gasteiger partial charge in [-0.1, -0.05) is 11.3 Å². The van der Waals surface area contributed by atoms with Crippen LogP contribution >= 0.6 is 0 Å². The molecule has 1 aromatic carbocycles. The van der Waals surface area contributed by atoms with Crippen LogP contribution in [0.25, 0.3) is 0 Å². The zero-order valence-electron chi connectivity index (χ0n) is 10.3. The summed E-state index contributed by atoms with van der Waals surface area (Å²) in [7, 11) is 0. The lowest BCUT2D eigenvalue weighted by molar-refractivity contribution is 0.540. The van der Waals surface area contributed by atoms with Crippen molar-refractivity contribution in [1.82, 2.24) is 20.3 Å². The molecular formula is C13H15N5. The number of hydrogen-bond acceptors (Lipinski definition) is 4. The van der Waals surface area contributed by atoms with Crippen molar-refractivity contribution in [3.8, 4) is 6.07 Å². The van der Waals surface area contributed by atoms with Crippen LogP contribution in [-0.4, -0.2) is 21.5 Å². The Bertz CT molecular complexity index is 539. The van der Waals surface area contributed by atoms with E-state index in [1.54, 1.807) is 10.9 Å². The van der Waals surface area contributed by atoms with Gasteiger partial charge in [-0.25, -0.2) is 0 Å². The average molecular weight is 241 g/mol. The highest BCUT2D eigenvalue weighted by Gasteiger charge is 1.99. The van der Waals surface area contributed by atoms with E-state index < -0.39 is 0 Å². The molecule has 5 heteroatoms. The molecule has 0 atom stereocenters. The van der Waals surface area contributed by atoms with E-state index >= 15 is 0 Å². The van der Waals surface area contributed by atoms with Crippen LogP contribution in [0.2, 0.25) is 0 Å². The first kappa shape index (κ1) is 12.3. The van der Waals surface area contributed by atoms with Crippen molar-refractivity contribution in [2.24, 2.45) is 0 Å². The molecule has 92 valence electrons. The minimum absolute atomic E-state index is 0.707. The molecule has 0 fully saturated rings. The van der Waals surface area contributed by atoms with Crippen LogP contribution in [0.4, 0.5) is 0 Å². The number of hydrogen-bond donors (Lipinski definition) is 1. The second-order valence-electron chi connectivity index (χ2n) is 4.10. The van der Waals surface area contributed by atoms with Crippen LogP contribution in [-0.2, 0) is 13.1 Å². The number of nitrogens with zero attached hydrogens (tertiary/aromatic N) is 4. The third-order valence-corrected chi connectivity index (χ3v) is 2.78. The van der Waals surface area contributed by atoms with E-state index in [1.807, 2.05) is 31.3 Å². The van der Waals surface area contributed by atoms with Crippen molar-refractivity contribution < 1.29 is 0 Å². The Morgan fingerprint density at radius 3 is 3.00 bits per heavy atom. The van der Waals surface area contributed by atoms with E-state index in [0.717, 1.165) is 25.2 Å². The summed E-state index contributed by atoms with van der Waals surface area (Å²) in [4.78, 5) is 0. The smallest absolute Gasteiger partial charge is 0.0991 e. The highest BCUT2D eigenvalue weighted by atomic mass is 15.4. The zero-order valence-corrected chi connectivity index (χ0v) is 10.3. The lowest BCUT2D eigenvalue weighted by atomic mass is 10.1. The molecule has 0 aliphatic heterocycles. The monoisotopic (exact) mass is 241 g/mol. The van der Waals surface area contributed by atoms with Gasteiger partial charge in [-0.05, 0) is 30.2 Å². The molecule has 0 unspecified atom stereocenters. The molecule has 0 saturated heterocycles. The minimum Gasteiger partial charge on any atom is -0.311 e. The second-order valence-corrected chi connectivity index (χ2v) is 4.10. The van der Waals surface area contributed by atoms with Gasteiger partial charge in [0.15, 0.2) is 0 Å². The Kier molecular flexibility index (Phi) is 4.05. The maximum absolute atomic E-state index is 8.79. The van der Waals surface area contributed by atoms with Crippen LogP contribution in [0.3, 0.4) is 0 Å². The van der Waals surface area contributed by atoms with E-state index in [0.29, 0.717) is 5.56 Å². The Hall–Kier alpha value is -2.19. The summed E-state index contributed by atoms with van der Waals surface area (Å²) in [6.07, 6.45) is 3.51. The van der Waals surface area contributed by atoms with E-state index in [4.69, 9.17) is 5.26 Å². The van der Waals surface area contributed by atoms with Crippen molar-refractivity contribution in [2.75, 3.05) is 6.54 Å². The SMILES string of the molecule is Cc1cc(C#N)ccc1CNCCn1ccnn1. The predicted molar refractivity (Wildman–Crippen MR) is 67.6 cm³/mol. The van der Waals surface area contributed by atoms with E-state index in [1.165, 1.54) is 5.56 Å². The molecule has 0 bridgehead atoms. The Morgan fingerprint density at radius 1 is 1.44 bits per heavy atom. The fourth-order valence-corrected chi connectivity index (χ4v) is 1.73. The van der Waals surface area contributed by atoms with Gasteiger partial charge in [0.1, 0.15) is 0 Å². The number of nitrogens with one attached hydrogen (secondary N) is 1. The quantitative estimate of drug-likeness (QED) is 0.800. The Balaban J connectivity index is 1.82. The first-order chi connectivity index (χ1) is 8.79. The fourth-order valence-electron chi connectivity index (χ4n) is 1.73. The van der Waals surface area contributed by atoms with Crippen LogP contribution in [0.1, 0.15) is 16.7 Å². The van der Waals surface area contributed by atoms with Gasteiger partial charge in [0.25, 0.3) is 0 Å². The van der Waals surface area contributed by atoms with Crippen molar-refractivity contribution in [1.29, 1.82) is 5.26 Å². The molecule has 0 aliphatic carbocycles. The maximum atomic E-state index is 8.79. The number of aromatic nitrogens is 3. The summed E-state index contributed by atoms with van der Waals surface area (Å²) in [6, 6.07) is 7.90. The molecule has 0 amide bonds. The fraction of sp³-hybridized carbons (Fsp3) is 0.308. The number of benzene rings is 1. The standard InChI is InChI=1S/C13H15N5/c1-11-8-12(9-14)2-3-13(11)10-15-4-6-18-7-5-16-17-18/h2-3,5,7-8,15H,4,6,10H2,1H3. The molecule has 0 saturated carbocycles. The highest BCUT2D eigenvalue weighted by Crippen LogP contribution is 2.10. The van der Waals surface area contributed by atoms with Gasteiger partial charge in [-0.3, -0.25) is 4.68 Å². The predicted octanol–water partition coefficient (Wildman–Crippen LogP) is 1.25. The first-order valence-electron chi connectivity index (χ1n) is 5.84. The normalized spacial score (nSPS) is 10.2. The lowest BCUT2D eigenvalue weighted by Crippen LogP contribution is -2.20. The topological polar surface area (TPSA) is 66.5 Å². The van der Waals surface area contributed by atoms with Crippen LogP contribution < -0.4 is 5.32 Å². The van der Waals surface area contributed by atoms with Gasteiger partial charge in [0, 0.05) is 19.3 Å². The average Bonchev–Trinajstić information content (AvgIpc) is 2.89. The molecule has 18 heavy (non-hydrogen) atoms. The van der Waals surface area contributed by atoms with Gasteiger partial charge in [-0.15, -0.1) is 5.10 Å². The molecule has 1 aromatic heterocycles. The van der Waals surface area contributed by atoms with E-state index in [9.17, 15) is 0 Å². The molecule has 0 radical (unpaired) electrons. The van der Waals surface area contributed by atoms with Gasteiger partial charge < -0.3 is 5.32 Å². The van der Waals surface area contributed by atoms with Crippen molar-refractivity contribution in [3.05, 3.63) is 47.3 Å². The summed E-state index contributed by atoms with van der Waals surface area (Å²) in [5, 5.41) is 19.8. The highest BCUT2D eigenvalue weighted by molar-refractivity contribution is 5.37. The molecule has 0 spiro atoms. The van der Waals surface area contributed by atoms with Crippen LogP contribution in [0, 0.1) is 18.3 Å². The van der Waals surface area contributed by atoms with Crippen LogP contribution in [0.5, 0.6) is 0 Å². The molecule has 1 N–H and O–H groups in total. The number of nitriles is 1. The number of rotatable bonds is 5. The van der Waals surface area contributed by atoms with Gasteiger partial charge in [0.05, 0.1) is 24.4 Å². The summed E-state index contributed by atoms with van der Waals surface area (Å²) in [5.41, 5.74) is 3.06. The molecule has 1 heterocycles. The molecule has 0 aliphatic rings. The molecule has 5 nitrogen and oxygen atoms in total. The van der Waals surface area contributed by atoms with Crippen molar-refractivity contribution in [3.63, 3.8) is 0 Å². The number of aryl methyl sites for hydroxylation is 1. The largest absolute Gasteiger partial charge is 0.311 e. The summed E-state index contributed by atoms with van der Waals surface area (Å²) in [5.74, 6) is 0. The van der Waals surface area contributed by atoms with Gasteiger partial charge in [0.2, 0.25) is 0 Å². The Morgan fingerprint density at radius 2 is 2.33 bits per heavy atom. The molecule has 2 aromatic rings. The lowest BCUT2D eigenvalue weighted by Gasteiger charge is -2.08. The zero-order chi connectivity index (χ0) is 12.8. The maximum Gasteiger partial charge on any atom is 0.0991 e. The van der Waals surface area contributed by atoms with Gasteiger partial charge >= 0.3 is 0 Å². The summed E-state index contributed by atoms with van der Waals surface area (Å²) in [6.45, 7) is 4.46. The molecule has 2 rings (SSSR count). The first-order valence-corrected chi connectivity index (χ1v) is 5.84. The van der Waals surface area contributed by atoms with Gasteiger partial charge in [-0.2, -0.15) is 5.26 Å². The minimum atomic E-state index is 0.707. The van der Waals surface area contributed by atoms with Crippen molar-refractivity contribution >= 4 is 0 Å². The summed E-state index contributed by atoms with van der Waals surface area (Å²) >= 11 is 0. The summed E-state index contributed by atoms with van der Waals surface area (Å²) < 4.78 is 1.79. The third-order valence-electron chi connectivity index (χ3n) is 2.78. The van der Waals surface area contributed by atoms with E-state index in [2.05, 4.69) is 21.7 Å².